The van der Waals surface area contributed by atoms with Crippen molar-refractivity contribution < 1.29 is 13.2 Å². The number of hydrogen-bond donors (Lipinski definition) is 2. The van der Waals surface area contributed by atoms with Crippen LogP contribution in [-0.2, 0) is 9.84 Å². The summed E-state index contributed by atoms with van der Waals surface area (Å²) in [4.78, 5) is 12.4. The van der Waals surface area contributed by atoms with Crippen LogP contribution in [-0.4, -0.2) is 39.2 Å². The normalized spacial score (nSPS) is 15.9. The maximum absolute atomic E-state index is 12.1. The first kappa shape index (κ1) is 21.9. The average Bonchev–Trinajstić information content (AvgIpc) is 2.87. The molecule has 0 unspecified atom stereocenters. The molecule has 7 heteroatoms. The van der Waals surface area contributed by atoms with E-state index in [0.29, 0.717) is 18.2 Å². The number of halogens is 1. The van der Waals surface area contributed by atoms with Gasteiger partial charge in [-0.25, -0.2) is 8.42 Å². The van der Waals surface area contributed by atoms with Gasteiger partial charge in [0.15, 0.2) is 9.84 Å². The molecule has 0 aliphatic heterocycles. The molecule has 25 heavy (non-hydrogen) atoms. The number of sulfone groups is 1. The molecule has 0 spiro atoms. The Hall–Kier alpha value is -1.11. The fourth-order valence-corrected chi connectivity index (χ4v) is 3.90. The summed E-state index contributed by atoms with van der Waals surface area (Å²) in [6.07, 6.45) is 7.69. The predicted molar refractivity (Wildman–Crippen MR) is 103 cm³/mol. The summed E-state index contributed by atoms with van der Waals surface area (Å²) in [6.45, 7) is 2.94. The molecule has 0 atom stereocenters. The Kier molecular flexibility index (Phi) is 9.46. The molecule has 0 bridgehead atoms. The summed E-state index contributed by atoms with van der Waals surface area (Å²) >= 11 is 0. The van der Waals surface area contributed by atoms with Crippen molar-refractivity contribution >= 4 is 28.2 Å². The predicted octanol–water partition coefficient (Wildman–Crippen LogP) is 2.94. The lowest BCUT2D eigenvalue weighted by Gasteiger charge is -2.16. The van der Waals surface area contributed by atoms with E-state index >= 15 is 0 Å². The Bertz CT molecular complexity index is 624. The summed E-state index contributed by atoms with van der Waals surface area (Å²) in [5, 5.41) is 6.39. The summed E-state index contributed by atoms with van der Waals surface area (Å²) in [5.41, 5.74) is 0.486. The van der Waals surface area contributed by atoms with E-state index in [9.17, 15) is 13.2 Å². The first-order valence-corrected chi connectivity index (χ1v) is 10.5. The van der Waals surface area contributed by atoms with Crippen LogP contribution in [0, 0.1) is 0 Å². The molecule has 1 saturated carbocycles. The monoisotopic (exact) mass is 388 g/mol. The molecule has 0 heterocycles. The Morgan fingerprint density at radius 2 is 1.64 bits per heavy atom. The number of benzene rings is 1. The number of carbonyl (C=O) groups excluding carboxylic acids is 1. The molecule has 1 amide bonds. The van der Waals surface area contributed by atoms with Gasteiger partial charge in [0.2, 0.25) is 0 Å². The van der Waals surface area contributed by atoms with Gasteiger partial charge < -0.3 is 10.6 Å². The number of rotatable bonds is 7. The van der Waals surface area contributed by atoms with E-state index in [0.717, 1.165) is 6.54 Å². The van der Waals surface area contributed by atoms with E-state index in [4.69, 9.17) is 0 Å². The minimum absolute atomic E-state index is 0. The fraction of sp³-hybridized carbons (Fsp3) is 0.611. The maximum Gasteiger partial charge on any atom is 0.251 e. The van der Waals surface area contributed by atoms with Crippen molar-refractivity contribution in [2.24, 2.45) is 0 Å². The molecule has 2 rings (SSSR count). The van der Waals surface area contributed by atoms with Crippen LogP contribution < -0.4 is 10.6 Å². The third-order valence-electron chi connectivity index (χ3n) is 4.55. The molecule has 1 aromatic rings. The second-order valence-electron chi connectivity index (χ2n) is 6.33. The topological polar surface area (TPSA) is 75.3 Å². The standard InChI is InChI=1S/C18H28N2O3S.ClH/c1-2-24(22,23)17-11-9-15(10-12-17)18(21)20-14-13-19-16-7-5-3-4-6-8-16;/h9-12,16,19H,2-8,13-14H2,1H3,(H,20,21);1H. The zero-order valence-corrected chi connectivity index (χ0v) is 16.4. The van der Waals surface area contributed by atoms with Gasteiger partial charge in [0.25, 0.3) is 5.91 Å². The number of nitrogens with one attached hydrogen (secondary N) is 2. The van der Waals surface area contributed by atoms with Crippen molar-refractivity contribution in [3.63, 3.8) is 0 Å². The Morgan fingerprint density at radius 1 is 1.04 bits per heavy atom. The molecule has 1 fully saturated rings. The molecule has 1 aromatic carbocycles. The SMILES string of the molecule is CCS(=O)(=O)c1ccc(C(=O)NCCNC2CCCCCC2)cc1.Cl. The molecule has 142 valence electrons. The van der Waals surface area contributed by atoms with E-state index in [1.165, 1.54) is 50.7 Å². The molecule has 1 aliphatic carbocycles. The summed E-state index contributed by atoms with van der Waals surface area (Å²) in [7, 11) is -3.22. The van der Waals surface area contributed by atoms with Crippen molar-refractivity contribution in [3.8, 4) is 0 Å². The molecular weight excluding hydrogens is 360 g/mol. The van der Waals surface area contributed by atoms with Crippen molar-refractivity contribution in [1.29, 1.82) is 0 Å². The van der Waals surface area contributed by atoms with Crippen molar-refractivity contribution in [1.82, 2.24) is 10.6 Å². The van der Waals surface area contributed by atoms with Crippen LogP contribution in [0.5, 0.6) is 0 Å². The second kappa shape index (κ2) is 10.8. The highest BCUT2D eigenvalue weighted by Gasteiger charge is 2.13. The van der Waals surface area contributed by atoms with Crippen molar-refractivity contribution in [3.05, 3.63) is 29.8 Å². The number of hydrogen-bond acceptors (Lipinski definition) is 4. The fourth-order valence-electron chi connectivity index (χ4n) is 3.02. The van der Waals surface area contributed by atoms with Crippen LogP contribution >= 0.6 is 12.4 Å². The summed E-state index contributed by atoms with van der Waals surface area (Å²) in [6, 6.07) is 6.70. The minimum Gasteiger partial charge on any atom is -0.351 e. The quantitative estimate of drug-likeness (QED) is 0.556. The zero-order valence-electron chi connectivity index (χ0n) is 14.8. The highest BCUT2D eigenvalue weighted by molar-refractivity contribution is 7.91. The van der Waals surface area contributed by atoms with E-state index < -0.39 is 9.84 Å². The molecule has 2 N–H and O–H groups in total. The van der Waals surface area contributed by atoms with Gasteiger partial charge in [-0.3, -0.25) is 4.79 Å². The third-order valence-corrected chi connectivity index (χ3v) is 6.30. The molecule has 0 saturated heterocycles. The first-order chi connectivity index (χ1) is 11.5. The molecule has 5 nitrogen and oxygen atoms in total. The first-order valence-electron chi connectivity index (χ1n) is 8.87. The van der Waals surface area contributed by atoms with E-state index in [2.05, 4.69) is 10.6 Å². The largest absolute Gasteiger partial charge is 0.351 e. The number of carbonyl (C=O) groups is 1. The van der Waals surface area contributed by atoms with Gasteiger partial charge in [0.1, 0.15) is 0 Å². The van der Waals surface area contributed by atoms with Crippen LogP contribution in [0.1, 0.15) is 55.8 Å². The molecule has 0 aromatic heterocycles. The van der Waals surface area contributed by atoms with Gasteiger partial charge in [-0.05, 0) is 37.1 Å². The molecule has 0 radical (unpaired) electrons. The highest BCUT2D eigenvalue weighted by atomic mass is 35.5. The van der Waals surface area contributed by atoms with Gasteiger partial charge in [0, 0.05) is 24.7 Å². The Balaban J connectivity index is 0.00000312. The van der Waals surface area contributed by atoms with Crippen molar-refractivity contribution in [2.75, 3.05) is 18.8 Å². The second-order valence-corrected chi connectivity index (χ2v) is 8.60. The molecule has 1 aliphatic rings. The molecular formula is C18H29ClN2O3S. The van der Waals surface area contributed by atoms with E-state index in [1.54, 1.807) is 19.1 Å². The maximum atomic E-state index is 12.1. The minimum atomic E-state index is -3.22. The van der Waals surface area contributed by atoms with Crippen LogP contribution in [0.2, 0.25) is 0 Å². The van der Waals surface area contributed by atoms with Gasteiger partial charge in [-0.1, -0.05) is 32.6 Å². The van der Waals surface area contributed by atoms with E-state index in [1.807, 2.05) is 0 Å². The lowest BCUT2D eigenvalue weighted by molar-refractivity contribution is 0.0953. The Labute approximate surface area is 157 Å². The van der Waals surface area contributed by atoms with Crippen molar-refractivity contribution in [2.45, 2.75) is 56.4 Å². The van der Waals surface area contributed by atoms with Crippen LogP contribution in [0.15, 0.2) is 29.2 Å². The van der Waals surface area contributed by atoms with E-state index in [-0.39, 0.29) is 29.0 Å². The van der Waals surface area contributed by atoms with Gasteiger partial charge in [-0.15, -0.1) is 12.4 Å². The summed E-state index contributed by atoms with van der Waals surface area (Å²) in [5.74, 6) is -0.108. The van der Waals surface area contributed by atoms with Gasteiger partial charge in [0.05, 0.1) is 10.6 Å². The van der Waals surface area contributed by atoms with Crippen LogP contribution in [0.3, 0.4) is 0 Å². The Morgan fingerprint density at radius 3 is 2.20 bits per heavy atom. The highest BCUT2D eigenvalue weighted by Crippen LogP contribution is 2.17. The lowest BCUT2D eigenvalue weighted by Crippen LogP contribution is -2.36. The lowest BCUT2D eigenvalue weighted by atomic mass is 10.1. The summed E-state index contributed by atoms with van der Waals surface area (Å²) < 4.78 is 23.5. The third kappa shape index (κ3) is 6.96. The average molecular weight is 389 g/mol. The smallest absolute Gasteiger partial charge is 0.251 e. The van der Waals surface area contributed by atoms with Gasteiger partial charge in [-0.2, -0.15) is 0 Å². The van der Waals surface area contributed by atoms with Crippen LogP contribution in [0.4, 0.5) is 0 Å². The zero-order chi connectivity index (χ0) is 17.4. The van der Waals surface area contributed by atoms with Crippen LogP contribution in [0.25, 0.3) is 0 Å². The van der Waals surface area contributed by atoms with Gasteiger partial charge >= 0.3 is 0 Å². The number of amides is 1.